The van der Waals surface area contributed by atoms with Gasteiger partial charge in [0.25, 0.3) is 0 Å². The van der Waals surface area contributed by atoms with Gasteiger partial charge in [0.05, 0.1) is 0 Å². The fourth-order valence-electron chi connectivity index (χ4n) is 1.85. The first-order valence-corrected chi connectivity index (χ1v) is 5.13. The number of ether oxygens (including phenoxy) is 1. The number of hydrogen-bond acceptors (Lipinski definition) is 2. The zero-order chi connectivity index (χ0) is 10.8. The van der Waals surface area contributed by atoms with E-state index in [0.717, 1.165) is 12.2 Å². The lowest BCUT2D eigenvalue weighted by Gasteiger charge is -2.08. The van der Waals surface area contributed by atoms with Crippen LogP contribution in [0.2, 0.25) is 0 Å². The molecular formula is C12H14O3. The smallest absolute Gasteiger partial charge is 0.303 e. The molecule has 0 amide bonds. The highest BCUT2D eigenvalue weighted by atomic mass is 16.5. The Kier molecular flexibility index (Phi) is 2.62. The van der Waals surface area contributed by atoms with E-state index in [9.17, 15) is 4.79 Å². The Bertz CT molecular complexity index is 384. The Hall–Kier alpha value is -1.51. The molecule has 0 saturated heterocycles. The van der Waals surface area contributed by atoms with E-state index in [1.54, 1.807) is 0 Å². The monoisotopic (exact) mass is 206 g/mol. The Balaban J connectivity index is 2.00. The minimum Gasteiger partial charge on any atom is -0.490 e. The molecule has 80 valence electrons. The molecule has 3 nitrogen and oxygen atoms in total. The second-order valence-corrected chi connectivity index (χ2v) is 3.99. The van der Waals surface area contributed by atoms with Crippen molar-refractivity contribution in [1.29, 1.82) is 0 Å². The average Bonchev–Trinajstić information content (AvgIpc) is 2.56. The van der Waals surface area contributed by atoms with Crippen molar-refractivity contribution in [3.63, 3.8) is 0 Å². The average molecular weight is 206 g/mol. The van der Waals surface area contributed by atoms with Gasteiger partial charge in [0, 0.05) is 12.8 Å². The minimum atomic E-state index is -0.759. The van der Waals surface area contributed by atoms with Gasteiger partial charge in [0.1, 0.15) is 11.9 Å². The van der Waals surface area contributed by atoms with Gasteiger partial charge in [0.15, 0.2) is 0 Å². The molecule has 1 heterocycles. The predicted octanol–water partition coefficient (Wildman–Crippen LogP) is 2.16. The minimum absolute atomic E-state index is 0.0397. The summed E-state index contributed by atoms with van der Waals surface area (Å²) in [7, 11) is 0. The van der Waals surface area contributed by atoms with Crippen LogP contribution in [0.15, 0.2) is 18.2 Å². The Morgan fingerprint density at radius 2 is 2.40 bits per heavy atom. The van der Waals surface area contributed by atoms with Gasteiger partial charge >= 0.3 is 5.97 Å². The van der Waals surface area contributed by atoms with Crippen molar-refractivity contribution in [1.82, 2.24) is 0 Å². The van der Waals surface area contributed by atoms with Gasteiger partial charge in [-0.05, 0) is 30.5 Å². The van der Waals surface area contributed by atoms with Gasteiger partial charge in [0.2, 0.25) is 0 Å². The van der Waals surface area contributed by atoms with E-state index in [1.807, 2.05) is 13.0 Å². The van der Waals surface area contributed by atoms with E-state index in [1.165, 1.54) is 11.1 Å². The first kappa shape index (κ1) is 10.0. The molecule has 0 radical (unpaired) electrons. The molecule has 1 unspecified atom stereocenters. The maximum absolute atomic E-state index is 10.4. The number of hydrogen-bond donors (Lipinski definition) is 1. The largest absolute Gasteiger partial charge is 0.490 e. The third kappa shape index (κ3) is 2.29. The van der Waals surface area contributed by atoms with Crippen LogP contribution in [0.1, 0.15) is 24.0 Å². The zero-order valence-electron chi connectivity index (χ0n) is 8.69. The van der Waals surface area contributed by atoms with Crippen molar-refractivity contribution in [2.24, 2.45) is 0 Å². The van der Waals surface area contributed by atoms with Crippen molar-refractivity contribution in [2.75, 3.05) is 0 Å². The number of rotatable bonds is 3. The van der Waals surface area contributed by atoms with E-state index < -0.39 is 5.97 Å². The van der Waals surface area contributed by atoms with Crippen molar-refractivity contribution < 1.29 is 14.6 Å². The van der Waals surface area contributed by atoms with Crippen molar-refractivity contribution in [3.8, 4) is 5.75 Å². The molecule has 1 aliphatic rings. The second kappa shape index (κ2) is 3.93. The van der Waals surface area contributed by atoms with Crippen LogP contribution in [0.4, 0.5) is 0 Å². The van der Waals surface area contributed by atoms with E-state index >= 15 is 0 Å². The summed E-state index contributed by atoms with van der Waals surface area (Å²) in [5.41, 5.74) is 2.36. The first-order chi connectivity index (χ1) is 7.15. The lowest BCUT2D eigenvalue weighted by Crippen LogP contribution is -2.14. The Labute approximate surface area is 88.7 Å². The highest BCUT2D eigenvalue weighted by Crippen LogP contribution is 2.31. The van der Waals surface area contributed by atoms with Crippen molar-refractivity contribution >= 4 is 5.97 Å². The van der Waals surface area contributed by atoms with Gasteiger partial charge < -0.3 is 9.84 Å². The summed E-state index contributed by atoms with van der Waals surface area (Å²) in [6.07, 6.45) is 1.64. The highest BCUT2D eigenvalue weighted by molar-refractivity contribution is 5.66. The van der Waals surface area contributed by atoms with Crippen LogP contribution in [-0.4, -0.2) is 17.2 Å². The standard InChI is InChI=1S/C12H14O3/c1-8-2-3-9-7-10(4-5-12(13)14)15-11(9)6-8/h2-3,6,10H,4-5,7H2,1H3,(H,13,14). The lowest BCUT2D eigenvalue weighted by atomic mass is 10.1. The molecule has 0 bridgehead atoms. The predicted molar refractivity (Wildman–Crippen MR) is 56.2 cm³/mol. The van der Waals surface area contributed by atoms with Crippen molar-refractivity contribution in [3.05, 3.63) is 29.3 Å². The number of fused-ring (bicyclic) bond motifs is 1. The summed E-state index contributed by atoms with van der Waals surface area (Å²) in [4.78, 5) is 10.4. The second-order valence-electron chi connectivity index (χ2n) is 3.99. The lowest BCUT2D eigenvalue weighted by molar-refractivity contribution is -0.137. The van der Waals surface area contributed by atoms with Crippen LogP contribution in [0.3, 0.4) is 0 Å². The number of benzene rings is 1. The number of carboxylic acid groups (broad SMARTS) is 1. The summed E-state index contributed by atoms with van der Waals surface area (Å²) in [6, 6.07) is 6.13. The van der Waals surface area contributed by atoms with Crippen LogP contribution in [-0.2, 0) is 11.2 Å². The molecule has 0 fully saturated rings. The van der Waals surface area contributed by atoms with Crippen LogP contribution >= 0.6 is 0 Å². The van der Waals surface area contributed by atoms with Crippen LogP contribution < -0.4 is 4.74 Å². The Morgan fingerprint density at radius 1 is 1.60 bits per heavy atom. The van der Waals surface area contributed by atoms with Crippen molar-refractivity contribution in [2.45, 2.75) is 32.3 Å². The quantitative estimate of drug-likeness (QED) is 0.824. The molecule has 15 heavy (non-hydrogen) atoms. The van der Waals surface area contributed by atoms with Crippen LogP contribution in [0.25, 0.3) is 0 Å². The van der Waals surface area contributed by atoms with Gasteiger partial charge in [-0.2, -0.15) is 0 Å². The Morgan fingerprint density at radius 3 is 3.13 bits per heavy atom. The number of aliphatic carboxylic acids is 1. The van der Waals surface area contributed by atoms with Gasteiger partial charge in [-0.25, -0.2) is 0 Å². The summed E-state index contributed by atoms with van der Waals surface area (Å²) in [5.74, 6) is 0.163. The first-order valence-electron chi connectivity index (χ1n) is 5.13. The molecule has 0 aliphatic carbocycles. The van der Waals surface area contributed by atoms with Crippen LogP contribution in [0.5, 0.6) is 5.75 Å². The van der Waals surface area contributed by atoms with Gasteiger partial charge in [-0.15, -0.1) is 0 Å². The molecule has 0 saturated carbocycles. The molecule has 1 atom stereocenters. The third-order valence-electron chi connectivity index (χ3n) is 2.64. The molecule has 1 aliphatic heterocycles. The molecule has 3 heteroatoms. The molecular weight excluding hydrogens is 192 g/mol. The van der Waals surface area contributed by atoms with E-state index in [4.69, 9.17) is 9.84 Å². The van der Waals surface area contributed by atoms with E-state index in [0.29, 0.717) is 6.42 Å². The van der Waals surface area contributed by atoms with E-state index in [-0.39, 0.29) is 12.5 Å². The molecule has 0 aromatic heterocycles. The number of aryl methyl sites for hydroxylation is 1. The maximum atomic E-state index is 10.4. The highest BCUT2D eigenvalue weighted by Gasteiger charge is 2.22. The molecule has 1 aromatic rings. The summed E-state index contributed by atoms with van der Waals surface area (Å²) in [5, 5.41) is 8.58. The molecule has 1 N–H and O–H groups in total. The summed E-state index contributed by atoms with van der Waals surface area (Å²) < 4.78 is 5.67. The molecule has 0 spiro atoms. The fraction of sp³-hybridized carbons (Fsp3) is 0.417. The molecule has 1 aromatic carbocycles. The number of carboxylic acids is 1. The zero-order valence-corrected chi connectivity index (χ0v) is 8.69. The SMILES string of the molecule is Cc1ccc2c(c1)OC(CCC(=O)O)C2. The normalized spacial score (nSPS) is 18.3. The topological polar surface area (TPSA) is 46.5 Å². The number of carbonyl (C=O) groups is 1. The summed E-state index contributed by atoms with van der Waals surface area (Å²) in [6.45, 7) is 2.02. The van der Waals surface area contributed by atoms with E-state index in [2.05, 4.69) is 12.1 Å². The van der Waals surface area contributed by atoms with Gasteiger partial charge in [-0.3, -0.25) is 4.79 Å². The maximum Gasteiger partial charge on any atom is 0.303 e. The third-order valence-corrected chi connectivity index (χ3v) is 2.64. The summed E-state index contributed by atoms with van der Waals surface area (Å²) >= 11 is 0. The molecule has 2 rings (SSSR count). The fourth-order valence-corrected chi connectivity index (χ4v) is 1.85. The van der Waals surface area contributed by atoms with Crippen LogP contribution in [0, 0.1) is 6.92 Å². The van der Waals surface area contributed by atoms with Gasteiger partial charge in [-0.1, -0.05) is 12.1 Å².